The number of nitrogens with zero attached hydrogens (tertiary/aromatic N) is 1. The van der Waals surface area contributed by atoms with E-state index in [4.69, 9.17) is 15.9 Å². The molecular formula is C29H29F3N4O4S. The molecule has 0 bridgehead atoms. The van der Waals surface area contributed by atoms with Gasteiger partial charge in [0, 0.05) is 40.4 Å². The number of halogens is 3. The van der Waals surface area contributed by atoms with Crippen molar-refractivity contribution < 1.29 is 32.3 Å². The Labute approximate surface area is 238 Å². The van der Waals surface area contributed by atoms with Crippen LogP contribution >= 0.6 is 11.3 Å². The third kappa shape index (κ3) is 7.51. The van der Waals surface area contributed by atoms with E-state index in [2.05, 4.69) is 5.32 Å². The van der Waals surface area contributed by atoms with Crippen molar-refractivity contribution in [1.29, 1.82) is 5.41 Å². The molecule has 4 N–H and O–H groups in total. The zero-order chi connectivity index (χ0) is 29.7. The van der Waals surface area contributed by atoms with Crippen molar-refractivity contribution in [1.82, 2.24) is 10.2 Å². The normalized spacial score (nSPS) is 13.7. The molecule has 4 rings (SSSR count). The van der Waals surface area contributed by atoms with E-state index in [1.165, 1.54) is 47.7 Å². The maximum atomic E-state index is 13.7. The Balaban J connectivity index is 1.53. The maximum absolute atomic E-state index is 13.7. The molecule has 12 heteroatoms. The van der Waals surface area contributed by atoms with Gasteiger partial charge in [0.2, 0.25) is 5.91 Å². The van der Waals surface area contributed by atoms with Gasteiger partial charge >= 0.3 is 12.1 Å². The third-order valence-corrected chi connectivity index (χ3v) is 7.87. The molecule has 3 aromatic rings. The van der Waals surface area contributed by atoms with Crippen LogP contribution in [-0.2, 0) is 46.3 Å². The van der Waals surface area contributed by atoms with E-state index < -0.39 is 23.7 Å². The zero-order valence-electron chi connectivity index (χ0n) is 22.2. The Morgan fingerprint density at radius 3 is 2.37 bits per heavy atom. The highest BCUT2D eigenvalue weighted by atomic mass is 32.1. The summed E-state index contributed by atoms with van der Waals surface area (Å²) < 4.78 is 44.2. The molecule has 1 aromatic heterocycles. The molecule has 1 aliphatic rings. The number of nitrogens with one attached hydrogen (secondary N) is 2. The lowest BCUT2D eigenvalue weighted by Gasteiger charge is -2.31. The molecule has 0 fully saturated rings. The number of ether oxygens (including phenoxy) is 1. The lowest BCUT2D eigenvalue weighted by molar-refractivity contribution is -0.142. The first-order valence-corrected chi connectivity index (χ1v) is 13.7. The van der Waals surface area contributed by atoms with Gasteiger partial charge in [-0.2, -0.15) is 13.2 Å². The Bertz CT molecular complexity index is 1440. The molecule has 0 saturated carbocycles. The third-order valence-electron chi connectivity index (χ3n) is 6.64. The molecule has 1 atom stereocenters. The second-order valence-corrected chi connectivity index (χ2v) is 10.8. The highest BCUT2D eigenvalue weighted by Crippen LogP contribution is 2.31. The van der Waals surface area contributed by atoms with Crippen LogP contribution in [0.15, 0.2) is 54.6 Å². The second-order valence-electron chi connectivity index (χ2n) is 9.57. The van der Waals surface area contributed by atoms with E-state index in [0.29, 0.717) is 30.7 Å². The fourth-order valence-corrected chi connectivity index (χ4v) is 5.71. The molecule has 0 spiro atoms. The molecular weight excluding hydrogens is 557 g/mol. The number of carbonyl (C=O) groups excluding carboxylic acids is 3. The first-order valence-electron chi connectivity index (χ1n) is 12.9. The van der Waals surface area contributed by atoms with Crippen LogP contribution in [0.4, 0.5) is 13.2 Å². The summed E-state index contributed by atoms with van der Waals surface area (Å²) in [7, 11) is 0. The van der Waals surface area contributed by atoms with Crippen LogP contribution in [0.2, 0.25) is 0 Å². The summed E-state index contributed by atoms with van der Waals surface area (Å²) in [6.45, 7) is 2.69. The first-order chi connectivity index (χ1) is 19.4. The van der Waals surface area contributed by atoms with Crippen molar-refractivity contribution >= 4 is 35.0 Å². The largest absolute Gasteiger partial charge is 0.466 e. The molecule has 2 amide bonds. The van der Waals surface area contributed by atoms with E-state index in [1.54, 1.807) is 11.8 Å². The van der Waals surface area contributed by atoms with E-state index in [0.717, 1.165) is 27.5 Å². The molecule has 8 nitrogen and oxygen atoms in total. The Hall–Kier alpha value is -4.19. The summed E-state index contributed by atoms with van der Waals surface area (Å²) in [5.74, 6) is -1.40. The Kier molecular flexibility index (Phi) is 9.11. The highest BCUT2D eigenvalue weighted by Gasteiger charge is 2.32. The number of hydrogen-bond acceptors (Lipinski definition) is 6. The Morgan fingerprint density at radius 1 is 1.10 bits per heavy atom. The predicted octanol–water partition coefficient (Wildman–Crippen LogP) is 4.08. The number of benzene rings is 2. The van der Waals surface area contributed by atoms with Gasteiger partial charge in [0.1, 0.15) is 11.9 Å². The monoisotopic (exact) mass is 586 g/mol. The van der Waals surface area contributed by atoms with Crippen LogP contribution in [0.25, 0.3) is 0 Å². The van der Waals surface area contributed by atoms with Crippen molar-refractivity contribution in [2.24, 2.45) is 5.73 Å². The topological polar surface area (TPSA) is 126 Å². The minimum Gasteiger partial charge on any atom is -0.466 e. The smallest absolute Gasteiger partial charge is 0.416 e. The van der Waals surface area contributed by atoms with Crippen LogP contribution in [0.5, 0.6) is 0 Å². The second kappa shape index (κ2) is 12.5. The van der Waals surface area contributed by atoms with Crippen LogP contribution in [-0.4, -0.2) is 47.7 Å². The maximum Gasteiger partial charge on any atom is 0.416 e. The van der Waals surface area contributed by atoms with Crippen molar-refractivity contribution in [2.45, 2.75) is 44.9 Å². The van der Waals surface area contributed by atoms with E-state index in [1.807, 2.05) is 6.07 Å². The molecule has 0 aliphatic carbocycles. The lowest BCUT2D eigenvalue weighted by atomic mass is 10.0. The minimum atomic E-state index is -4.49. The van der Waals surface area contributed by atoms with E-state index >= 15 is 0 Å². The Morgan fingerprint density at radius 2 is 1.76 bits per heavy atom. The van der Waals surface area contributed by atoms with Crippen molar-refractivity contribution in [3.8, 4) is 0 Å². The standard InChI is InChI=1S/C29H29F3N4O4S/c1-2-40-25(37)15-22-14-20-16-36(12-11-24(20)41-22)28(39)23(13-17-3-9-21(10-4-17)29(30,31)32)35-27(38)19-7-5-18(6-8-19)26(33)34/h3-10,14,23H,2,11-13,15-16H2,1H3,(H3,33,34)(H,35,38). The quantitative estimate of drug-likeness (QED) is 0.198. The van der Waals surface area contributed by atoms with Crippen LogP contribution in [0, 0.1) is 5.41 Å². The van der Waals surface area contributed by atoms with Gasteiger partial charge in [-0.25, -0.2) is 0 Å². The molecule has 0 radical (unpaired) electrons. The highest BCUT2D eigenvalue weighted by molar-refractivity contribution is 7.12. The lowest BCUT2D eigenvalue weighted by Crippen LogP contribution is -2.50. The number of fused-ring (bicyclic) bond motifs is 1. The molecule has 216 valence electrons. The summed E-state index contributed by atoms with van der Waals surface area (Å²) in [5.41, 5.74) is 6.70. The predicted molar refractivity (Wildman–Crippen MR) is 148 cm³/mol. The molecule has 0 saturated heterocycles. The summed E-state index contributed by atoms with van der Waals surface area (Å²) in [4.78, 5) is 42.3. The number of amidine groups is 1. The number of hydrogen-bond donors (Lipinski definition) is 3. The number of alkyl halides is 3. The number of thiophene rings is 1. The molecule has 2 heterocycles. The van der Waals surface area contributed by atoms with Gasteiger partial charge in [0.05, 0.1) is 18.6 Å². The number of amides is 2. The number of nitrogens with two attached hydrogens (primary N) is 1. The van der Waals surface area contributed by atoms with Crippen molar-refractivity contribution in [3.05, 3.63) is 92.2 Å². The van der Waals surface area contributed by atoms with Crippen molar-refractivity contribution in [3.63, 3.8) is 0 Å². The van der Waals surface area contributed by atoms with Gasteiger partial charge in [-0.15, -0.1) is 11.3 Å². The molecule has 2 aromatic carbocycles. The minimum absolute atomic E-state index is 0.0185. The van der Waals surface area contributed by atoms with Gasteiger partial charge < -0.3 is 20.7 Å². The summed E-state index contributed by atoms with van der Waals surface area (Å²) in [6, 6.07) is 11.3. The van der Waals surface area contributed by atoms with Crippen molar-refractivity contribution in [2.75, 3.05) is 13.2 Å². The van der Waals surface area contributed by atoms with Gasteiger partial charge in [-0.1, -0.05) is 24.3 Å². The average Bonchev–Trinajstić information content (AvgIpc) is 3.33. The number of carbonyl (C=O) groups is 3. The summed E-state index contributed by atoms with van der Waals surface area (Å²) >= 11 is 1.50. The van der Waals surface area contributed by atoms with Crippen LogP contribution in [0.1, 0.15) is 49.3 Å². The fraction of sp³-hybridized carbons (Fsp3) is 0.310. The SMILES string of the molecule is CCOC(=O)Cc1cc2c(s1)CCN(C(=O)C(Cc1ccc(C(F)(F)F)cc1)NC(=O)c1ccc(C(=N)N)cc1)C2. The zero-order valence-corrected chi connectivity index (χ0v) is 23.0. The van der Waals surface area contributed by atoms with Gasteiger partial charge in [-0.3, -0.25) is 19.8 Å². The number of rotatable bonds is 9. The number of nitrogen functional groups attached to an aromatic ring is 1. The molecule has 1 unspecified atom stereocenters. The first kappa shape index (κ1) is 29.8. The van der Waals surface area contributed by atoms with Gasteiger partial charge in [0.25, 0.3) is 5.91 Å². The van der Waals surface area contributed by atoms with Gasteiger partial charge in [-0.05, 0) is 54.8 Å². The molecule has 41 heavy (non-hydrogen) atoms. The van der Waals surface area contributed by atoms with Gasteiger partial charge in [0.15, 0.2) is 0 Å². The number of esters is 1. The van der Waals surface area contributed by atoms with E-state index in [-0.39, 0.29) is 42.7 Å². The van der Waals surface area contributed by atoms with Crippen LogP contribution in [0.3, 0.4) is 0 Å². The molecule has 1 aliphatic heterocycles. The summed E-state index contributed by atoms with van der Waals surface area (Å²) in [5, 5.41) is 10.3. The average molecular weight is 587 g/mol. The summed E-state index contributed by atoms with van der Waals surface area (Å²) in [6.07, 6.45) is -3.79. The fourth-order valence-electron chi connectivity index (χ4n) is 4.55. The van der Waals surface area contributed by atoms with E-state index in [9.17, 15) is 27.6 Å². The van der Waals surface area contributed by atoms with Crippen LogP contribution < -0.4 is 11.1 Å².